The van der Waals surface area contributed by atoms with Gasteiger partial charge in [0.15, 0.2) is 11.2 Å². The van der Waals surface area contributed by atoms with Gasteiger partial charge in [-0.3, -0.25) is 14.3 Å². The molecule has 1 atom stereocenters. The summed E-state index contributed by atoms with van der Waals surface area (Å²) in [6, 6.07) is 0. The average molecular weight is 582 g/mol. The molecule has 1 unspecified atom stereocenters. The van der Waals surface area contributed by atoms with Gasteiger partial charge >= 0.3 is 7.60 Å². The van der Waals surface area contributed by atoms with Crippen molar-refractivity contribution in [1.29, 1.82) is 0 Å². The predicted octanol–water partition coefficient (Wildman–Crippen LogP) is 6.74. The highest BCUT2D eigenvalue weighted by Gasteiger charge is 2.17. The Bertz CT molecular complexity index is 1070. The van der Waals surface area contributed by atoms with E-state index >= 15 is 0 Å². The summed E-state index contributed by atoms with van der Waals surface area (Å²) in [7, 11) is -3.64. The van der Waals surface area contributed by atoms with Gasteiger partial charge in [-0.05, 0) is 19.3 Å². The van der Waals surface area contributed by atoms with E-state index in [4.69, 9.17) is 15.0 Å². The van der Waals surface area contributed by atoms with E-state index in [1.807, 2.05) is 6.08 Å². The summed E-state index contributed by atoms with van der Waals surface area (Å²) in [6.45, 7) is 4.17. The largest absolute Gasteiger partial charge is 0.381 e. The van der Waals surface area contributed by atoms with Crippen molar-refractivity contribution in [3.8, 4) is 0 Å². The molecule has 0 radical (unpaired) electrons. The second-order valence-electron chi connectivity index (χ2n) is 10.5. The molecule has 10 nitrogen and oxygen atoms in total. The lowest BCUT2D eigenvalue weighted by molar-refractivity contribution is 0.113. The number of fused-ring (bicyclic) bond motifs is 1. The molecule has 4 N–H and O–H groups in total. The van der Waals surface area contributed by atoms with Crippen LogP contribution in [0.1, 0.15) is 110 Å². The van der Waals surface area contributed by atoms with Gasteiger partial charge in [-0.1, -0.05) is 103 Å². The number of nitrogens with zero attached hydrogens (tertiary/aromatic N) is 3. The molecule has 0 aliphatic rings. The van der Waals surface area contributed by atoms with Crippen LogP contribution in [-0.2, 0) is 20.4 Å². The van der Waals surface area contributed by atoms with E-state index in [1.54, 1.807) is 10.6 Å². The van der Waals surface area contributed by atoms with Crippen LogP contribution >= 0.6 is 7.60 Å². The van der Waals surface area contributed by atoms with Crippen LogP contribution in [0.4, 0.5) is 5.95 Å². The Labute approximate surface area is 239 Å². The van der Waals surface area contributed by atoms with E-state index in [0.29, 0.717) is 31.6 Å². The first-order valence-corrected chi connectivity index (χ1v) is 17.1. The number of imidazole rings is 1. The average Bonchev–Trinajstić information content (AvgIpc) is 3.32. The number of H-pyrrole nitrogens is 1. The van der Waals surface area contributed by atoms with Gasteiger partial charge in [-0.2, -0.15) is 4.98 Å². The summed E-state index contributed by atoms with van der Waals surface area (Å²) in [5.41, 5.74) is 5.83. The van der Waals surface area contributed by atoms with Crippen molar-refractivity contribution in [3.63, 3.8) is 0 Å². The highest BCUT2D eigenvalue weighted by atomic mass is 31.2. The van der Waals surface area contributed by atoms with Crippen LogP contribution in [0.25, 0.3) is 11.2 Å². The third-order valence-corrected chi connectivity index (χ3v) is 8.32. The number of rotatable bonds is 25. The summed E-state index contributed by atoms with van der Waals surface area (Å²) in [6.07, 6.45) is 24.9. The van der Waals surface area contributed by atoms with E-state index in [-0.39, 0.29) is 29.8 Å². The Hall–Kier alpha value is -2.00. The number of hydrogen-bond acceptors (Lipinski definition) is 7. The fraction of sp³-hybridized carbons (Fsp3) is 0.759. The van der Waals surface area contributed by atoms with E-state index < -0.39 is 7.60 Å². The summed E-state index contributed by atoms with van der Waals surface area (Å²) in [5.74, 6) is 0.0295. The highest BCUT2D eigenvalue weighted by molar-refractivity contribution is 7.52. The quantitative estimate of drug-likeness (QED) is 0.0664. The van der Waals surface area contributed by atoms with Crippen LogP contribution in [0.15, 0.2) is 23.3 Å². The van der Waals surface area contributed by atoms with E-state index in [9.17, 15) is 14.3 Å². The van der Waals surface area contributed by atoms with Crippen molar-refractivity contribution in [1.82, 2.24) is 19.5 Å². The van der Waals surface area contributed by atoms with Crippen LogP contribution in [-0.4, -0.2) is 50.4 Å². The number of aromatic amines is 1. The zero-order valence-electron chi connectivity index (χ0n) is 24.5. The number of allylic oxidation sites excluding steroid dienone is 2. The molecule has 0 spiro atoms. The normalized spacial score (nSPS) is 13.4. The number of nitrogens with one attached hydrogen (secondary N) is 1. The Kier molecular flexibility index (Phi) is 17.8. The van der Waals surface area contributed by atoms with Gasteiger partial charge in [-0.15, -0.1) is 0 Å². The lowest BCUT2D eigenvalue weighted by Crippen LogP contribution is -2.12. The number of unbranched alkanes of at least 4 members (excludes halogenated alkanes) is 13. The Morgan fingerprint density at radius 1 is 0.925 bits per heavy atom. The van der Waals surface area contributed by atoms with Crippen molar-refractivity contribution in [2.75, 3.05) is 31.7 Å². The summed E-state index contributed by atoms with van der Waals surface area (Å²) < 4.78 is 24.8. The van der Waals surface area contributed by atoms with Gasteiger partial charge in [0.05, 0.1) is 19.1 Å². The molecule has 11 heteroatoms. The van der Waals surface area contributed by atoms with Crippen LogP contribution in [0.3, 0.4) is 0 Å². The third-order valence-electron chi connectivity index (χ3n) is 6.91. The second-order valence-corrected chi connectivity index (χ2v) is 12.5. The molecular weight excluding hydrogens is 529 g/mol. The molecule has 0 fully saturated rings. The molecule has 0 aromatic carbocycles. The summed E-state index contributed by atoms with van der Waals surface area (Å²) >= 11 is 0. The smallest absolute Gasteiger partial charge is 0.328 e. The molecule has 2 heterocycles. The standard InChI is InChI=1S/C29H52N5O5P/c1-2-3-4-5-6-7-8-9-10-11-12-13-14-17-21-38-22-19-23-39-40(36,37)24-18-15-16-20-34-25-31-26-27(34)32-29(30)33-28(26)35/h15-16,25H,2-14,17-24H2,1H3,(H,36,37)(H3,30,32,33,35)/b16-15-. The van der Waals surface area contributed by atoms with Gasteiger partial charge in [0.1, 0.15) is 0 Å². The van der Waals surface area contributed by atoms with E-state index in [2.05, 4.69) is 21.9 Å². The van der Waals surface area contributed by atoms with Crippen molar-refractivity contribution in [2.45, 2.75) is 116 Å². The van der Waals surface area contributed by atoms with Crippen LogP contribution in [0.5, 0.6) is 0 Å². The van der Waals surface area contributed by atoms with Gasteiger partial charge in [0.25, 0.3) is 5.56 Å². The van der Waals surface area contributed by atoms with Gasteiger partial charge in [0, 0.05) is 19.8 Å². The van der Waals surface area contributed by atoms with E-state index in [1.165, 1.54) is 89.8 Å². The molecule has 228 valence electrons. The molecule has 2 rings (SSSR count). The SMILES string of the molecule is CCCCCCCCCCCCCCCCOCCCOP(=O)(O)CC/C=C\Cn1cnc2c(=O)[nH]c(N)nc21. The Morgan fingerprint density at radius 2 is 1.52 bits per heavy atom. The number of hydrogen-bond donors (Lipinski definition) is 3. The summed E-state index contributed by atoms with van der Waals surface area (Å²) in [5, 5.41) is 0. The lowest BCUT2D eigenvalue weighted by atomic mass is 10.0. The number of ether oxygens (including phenoxy) is 1. The minimum absolute atomic E-state index is 0.0295. The second kappa shape index (κ2) is 20.8. The fourth-order valence-corrected chi connectivity index (χ4v) is 5.60. The maximum atomic E-state index is 12.2. The first-order chi connectivity index (χ1) is 19.4. The van der Waals surface area contributed by atoms with Crippen LogP contribution in [0.2, 0.25) is 0 Å². The predicted molar refractivity (Wildman–Crippen MR) is 163 cm³/mol. The van der Waals surface area contributed by atoms with Crippen LogP contribution in [0, 0.1) is 0 Å². The third kappa shape index (κ3) is 15.1. The molecule has 0 aliphatic heterocycles. The minimum Gasteiger partial charge on any atom is -0.381 e. The van der Waals surface area contributed by atoms with Crippen molar-refractivity contribution >= 4 is 24.7 Å². The molecule has 2 aromatic heterocycles. The van der Waals surface area contributed by atoms with E-state index in [0.717, 1.165) is 13.0 Å². The zero-order valence-corrected chi connectivity index (χ0v) is 25.4. The monoisotopic (exact) mass is 581 g/mol. The van der Waals surface area contributed by atoms with Crippen molar-refractivity contribution < 1.29 is 18.7 Å². The fourth-order valence-electron chi connectivity index (χ4n) is 4.58. The highest BCUT2D eigenvalue weighted by Crippen LogP contribution is 2.42. The molecule has 2 aromatic rings. The van der Waals surface area contributed by atoms with Crippen LogP contribution < -0.4 is 11.3 Å². The number of nitrogen functional groups attached to an aromatic ring is 1. The van der Waals surface area contributed by atoms with Crippen molar-refractivity contribution in [3.05, 3.63) is 28.8 Å². The van der Waals surface area contributed by atoms with Gasteiger partial charge in [0.2, 0.25) is 5.95 Å². The molecule has 40 heavy (non-hydrogen) atoms. The zero-order chi connectivity index (χ0) is 28.9. The number of anilines is 1. The Morgan fingerprint density at radius 3 is 2.17 bits per heavy atom. The topological polar surface area (TPSA) is 145 Å². The number of nitrogens with two attached hydrogens (primary N) is 1. The van der Waals surface area contributed by atoms with Gasteiger partial charge < -0.3 is 24.5 Å². The maximum Gasteiger partial charge on any atom is 0.328 e. The molecule has 0 saturated heterocycles. The molecule has 0 bridgehead atoms. The van der Waals surface area contributed by atoms with Crippen molar-refractivity contribution in [2.24, 2.45) is 0 Å². The summed E-state index contributed by atoms with van der Waals surface area (Å²) in [4.78, 5) is 32.4. The van der Waals surface area contributed by atoms with Gasteiger partial charge in [-0.25, -0.2) is 4.98 Å². The first-order valence-electron chi connectivity index (χ1n) is 15.3. The lowest BCUT2D eigenvalue weighted by Gasteiger charge is -2.11. The Balaban J connectivity index is 1.38. The maximum absolute atomic E-state index is 12.2. The molecular formula is C29H52N5O5P. The first kappa shape index (κ1) is 34.2. The minimum atomic E-state index is -3.64. The molecule has 0 aliphatic carbocycles. The number of aromatic nitrogens is 4. The molecule has 0 saturated carbocycles. The molecule has 0 amide bonds.